The average molecular weight is 381 g/mol. The standard InChI is InChI=1S/C23H28FN3O/c1-5-22(26(3)14-13-18-10-8-9-17(2)15-18)28-23-16-21(25-27(23)4)19-11-6-7-12-20(19)24/h6-12,15-16,22H,5,13-14H2,1-4H3. The fourth-order valence-corrected chi connectivity index (χ4v) is 3.30. The van der Waals surface area contributed by atoms with Crippen molar-refractivity contribution in [1.29, 1.82) is 0 Å². The molecule has 0 aliphatic heterocycles. The predicted molar refractivity (Wildman–Crippen MR) is 111 cm³/mol. The molecule has 3 rings (SSSR count). The first-order valence-corrected chi connectivity index (χ1v) is 9.69. The van der Waals surface area contributed by atoms with Crippen LogP contribution in [0.25, 0.3) is 11.3 Å². The summed E-state index contributed by atoms with van der Waals surface area (Å²) in [6, 6.07) is 17.0. The Morgan fingerprint density at radius 3 is 2.64 bits per heavy atom. The Morgan fingerprint density at radius 1 is 1.14 bits per heavy atom. The smallest absolute Gasteiger partial charge is 0.213 e. The Bertz CT molecular complexity index is 922. The van der Waals surface area contributed by atoms with Crippen LogP contribution in [0, 0.1) is 12.7 Å². The lowest BCUT2D eigenvalue weighted by Crippen LogP contribution is -2.37. The topological polar surface area (TPSA) is 30.3 Å². The lowest BCUT2D eigenvalue weighted by molar-refractivity contribution is 0.0354. The van der Waals surface area contributed by atoms with Crippen molar-refractivity contribution >= 4 is 0 Å². The SMILES string of the molecule is CCC(Oc1cc(-c2ccccc2F)nn1C)N(C)CCc1cccc(C)c1. The second-order valence-corrected chi connectivity index (χ2v) is 7.17. The summed E-state index contributed by atoms with van der Waals surface area (Å²) in [5.74, 6) is 0.349. The Kier molecular flexibility index (Phi) is 6.47. The van der Waals surface area contributed by atoms with Crippen molar-refractivity contribution in [1.82, 2.24) is 14.7 Å². The molecule has 0 saturated carbocycles. The van der Waals surface area contributed by atoms with Gasteiger partial charge in [-0.25, -0.2) is 9.07 Å². The first kappa shape index (κ1) is 20.1. The summed E-state index contributed by atoms with van der Waals surface area (Å²) in [5.41, 5.74) is 3.66. The molecule has 0 aliphatic rings. The summed E-state index contributed by atoms with van der Waals surface area (Å²) in [6.07, 6.45) is 1.72. The third-order valence-corrected chi connectivity index (χ3v) is 4.92. The van der Waals surface area contributed by atoms with Crippen molar-refractivity contribution in [2.24, 2.45) is 7.05 Å². The van der Waals surface area contributed by atoms with E-state index in [4.69, 9.17) is 4.74 Å². The molecular weight excluding hydrogens is 353 g/mol. The van der Waals surface area contributed by atoms with E-state index in [2.05, 4.69) is 55.2 Å². The van der Waals surface area contributed by atoms with Crippen LogP contribution in [0.5, 0.6) is 5.88 Å². The minimum Gasteiger partial charge on any atom is -0.458 e. The van der Waals surface area contributed by atoms with E-state index in [9.17, 15) is 4.39 Å². The second kappa shape index (κ2) is 9.02. The van der Waals surface area contributed by atoms with E-state index in [1.807, 2.05) is 13.1 Å². The molecule has 0 fully saturated rings. The van der Waals surface area contributed by atoms with E-state index in [0.29, 0.717) is 17.1 Å². The molecule has 3 aromatic rings. The molecular formula is C23H28FN3O. The zero-order chi connectivity index (χ0) is 20.1. The summed E-state index contributed by atoms with van der Waals surface area (Å²) in [5, 5.41) is 4.42. The molecule has 0 spiro atoms. The third-order valence-electron chi connectivity index (χ3n) is 4.92. The molecule has 1 heterocycles. The molecule has 0 bridgehead atoms. The van der Waals surface area contributed by atoms with Gasteiger partial charge < -0.3 is 4.74 Å². The fourth-order valence-electron chi connectivity index (χ4n) is 3.30. The van der Waals surface area contributed by atoms with Crippen molar-refractivity contribution in [2.45, 2.75) is 32.9 Å². The number of ether oxygens (including phenoxy) is 1. The molecule has 1 atom stereocenters. The largest absolute Gasteiger partial charge is 0.458 e. The zero-order valence-electron chi connectivity index (χ0n) is 17.0. The number of rotatable bonds is 8. The molecule has 5 heteroatoms. The number of nitrogens with zero attached hydrogens (tertiary/aromatic N) is 3. The maximum atomic E-state index is 14.1. The lowest BCUT2D eigenvalue weighted by Gasteiger charge is -2.27. The van der Waals surface area contributed by atoms with E-state index in [-0.39, 0.29) is 12.0 Å². The quantitative estimate of drug-likeness (QED) is 0.524. The Balaban J connectivity index is 1.68. The third kappa shape index (κ3) is 4.78. The summed E-state index contributed by atoms with van der Waals surface area (Å²) in [7, 11) is 3.89. The van der Waals surface area contributed by atoms with Gasteiger partial charge in [0.2, 0.25) is 5.88 Å². The maximum Gasteiger partial charge on any atom is 0.213 e. The van der Waals surface area contributed by atoms with Gasteiger partial charge in [-0.15, -0.1) is 0 Å². The number of aryl methyl sites for hydroxylation is 2. The van der Waals surface area contributed by atoms with Gasteiger partial charge in [0.1, 0.15) is 5.82 Å². The van der Waals surface area contributed by atoms with Crippen LogP contribution in [0.15, 0.2) is 54.6 Å². The molecule has 1 aromatic heterocycles. The van der Waals surface area contributed by atoms with Crippen LogP contribution in [-0.4, -0.2) is 34.5 Å². The van der Waals surface area contributed by atoms with Gasteiger partial charge in [0.15, 0.2) is 6.23 Å². The van der Waals surface area contributed by atoms with Crippen LogP contribution < -0.4 is 4.74 Å². The van der Waals surface area contributed by atoms with Gasteiger partial charge in [-0.3, -0.25) is 4.90 Å². The van der Waals surface area contributed by atoms with Crippen LogP contribution in [0.3, 0.4) is 0 Å². The van der Waals surface area contributed by atoms with Gasteiger partial charge in [-0.2, -0.15) is 5.10 Å². The van der Waals surface area contributed by atoms with E-state index in [1.54, 1.807) is 22.9 Å². The molecule has 28 heavy (non-hydrogen) atoms. The molecule has 0 saturated heterocycles. The summed E-state index contributed by atoms with van der Waals surface area (Å²) in [4.78, 5) is 2.21. The minimum atomic E-state index is -0.283. The number of benzene rings is 2. The molecule has 0 N–H and O–H groups in total. The van der Waals surface area contributed by atoms with Crippen LogP contribution in [-0.2, 0) is 13.5 Å². The number of aromatic nitrogens is 2. The van der Waals surface area contributed by atoms with E-state index >= 15 is 0 Å². The minimum absolute atomic E-state index is 0.0753. The van der Waals surface area contributed by atoms with Gasteiger partial charge in [-0.05, 0) is 44.5 Å². The molecule has 0 aliphatic carbocycles. The van der Waals surface area contributed by atoms with Crippen molar-refractivity contribution in [2.75, 3.05) is 13.6 Å². The Hall–Kier alpha value is -2.66. The molecule has 0 amide bonds. The van der Waals surface area contributed by atoms with Crippen molar-refractivity contribution in [3.05, 3.63) is 71.5 Å². The first-order valence-electron chi connectivity index (χ1n) is 9.69. The second-order valence-electron chi connectivity index (χ2n) is 7.17. The van der Waals surface area contributed by atoms with E-state index in [0.717, 1.165) is 19.4 Å². The molecule has 1 unspecified atom stereocenters. The Morgan fingerprint density at radius 2 is 1.93 bits per heavy atom. The van der Waals surface area contributed by atoms with Crippen molar-refractivity contribution < 1.29 is 9.13 Å². The van der Waals surface area contributed by atoms with Gasteiger partial charge in [0, 0.05) is 25.2 Å². The average Bonchev–Trinajstić information content (AvgIpc) is 3.04. The zero-order valence-corrected chi connectivity index (χ0v) is 17.0. The fraction of sp³-hybridized carbons (Fsp3) is 0.348. The molecule has 4 nitrogen and oxygen atoms in total. The summed E-state index contributed by atoms with van der Waals surface area (Å²) in [6.45, 7) is 5.10. The lowest BCUT2D eigenvalue weighted by atomic mass is 10.1. The van der Waals surface area contributed by atoms with E-state index in [1.165, 1.54) is 17.2 Å². The highest BCUT2D eigenvalue weighted by atomic mass is 19.1. The number of hydrogen-bond donors (Lipinski definition) is 0. The van der Waals surface area contributed by atoms with E-state index < -0.39 is 0 Å². The summed E-state index contributed by atoms with van der Waals surface area (Å²) >= 11 is 0. The van der Waals surface area contributed by atoms with Gasteiger partial charge in [-0.1, -0.05) is 48.9 Å². The highest BCUT2D eigenvalue weighted by Gasteiger charge is 2.18. The monoisotopic (exact) mass is 381 g/mol. The summed E-state index contributed by atoms with van der Waals surface area (Å²) < 4.78 is 21.9. The first-order chi connectivity index (χ1) is 13.5. The normalized spacial score (nSPS) is 12.4. The van der Waals surface area contributed by atoms with Crippen LogP contribution >= 0.6 is 0 Å². The highest BCUT2D eigenvalue weighted by Crippen LogP contribution is 2.26. The molecule has 0 radical (unpaired) electrons. The van der Waals surface area contributed by atoms with Gasteiger partial charge >= 0.3 is 0 Å². The Labute approximate surface area is 166 Å². The van der Waals surface area contributed by atoms with Gasteiger partial charge in [0.05, 0.1) is 5.69 Å². The van der Waals surface area contributed by atoms with Crippen LogP contribution in [0.1, 0.15) is 24.5 Å². The molecule has 148 valence electrons. The number of hydrogen-bond acceptors (Lipinski definition) is 3. The molecule has 2 aromatic carbocycles. The van der Waals surface area contributed by atoms with Crippen LogP contribution in [0.4, 0.5) is 4.39 Å². The maximum absolute atomic E-state index is 14.1. The van der Waals surface area contributed by atoms with Crippen molar-refractivity contribution in [3.63, 3.8) is 0 Å². The highest BCUT2D eigenvalue weighted by molar-refractivity contribution is 5.60. The van der Waals surface area contributed by atoms with Gasteiger partial charge in [0.25, 0.3) is 0 Å². The predicted octanol–water partition coefficient (Wildman–Crippen LogP) is 4.82. The van der Waals surface area contributed by atoms with Crippen LogP contribution in [0.2, 0.25) is 0 Å². The van der Waals surface area contributed by atoms with Crippen molar-refractivity contribution in [3.8, 4) is 17.1 Å². The number of likely N-dealkylation sites (N-methyl/N-ethyl adjacent to an activating group) is 1. The number of halogens is 1.